The lowest BCUT2D eigenvalue weighted by Gasteiger charge is -2.16. The van der Waals surface area contributed by atoms with Crippen LogP contribution in [0.2, 0.25) is 10.0 Å². The van der Waals surface area contributed by atoms with E-state index in [9.17, 15) is 4.79 Å². The third-order valence-electron chi connectivity index (χ3n) is 4.55. The number of aromatic nitrogens is 3. The molecule has 31 heavy (non-hydrogen) atoms. The number of rotatable bonds is 9. The minimum atomic E-state index is -0.347. The maximum absolute atomic E-state index is 12.3. The van der Waals surface area contributed by atoms with Gasteiger partial charge >= 0.3 is 0 Å². The van der Waals surface area contributed by atoms with E-state index in [1.165, 1.54) is 11.8 Å². The zero-order valence-corrected chi connectivity index (χ0v) is 19.9. The van der Waals surface area contributed by atoms with E-state index in [4.69, 9.17) is 27.9 Å². The summed E-state index contributed by atoms with van der Waals surface area (Å²) in [6, 6.07) is 13.0. The zero-order chi connectivity index (χ0) is 22.4. The van der Waals surface area contributed by atoms with E-state index >= 15 is 0 Å². The second-order valence-corrected chi connectivity index (χ2v) is 8.76. The van der Waals surface area contributed by atoms with E-state index in [1.54, 1.807) is 12.1 Å². The van der Waals surface area contributed by atoms with Crippen LogP contribution < -0.4 is 10.1 Å². The highest BCUT2D eigenvalue weighted by molar-refractivity contribution is 7.99. The Morgan fingerprint density at radius 2 is 1.94 bits per heavy atom. The first-order valence-corrected chi connectivity index (χ1v) is 11.6. The van der Waals surface area contributed by atoms with Crippen LogP contribution in [0.5, 0.6) is 5.75 Å². The van der Waals surface area contributed by atoms with Crippen molar-refractivity contribution in [3.8, 4) is 5.75 Å². The molecule has 3 rings (SSSR count). The smallest absolute Gasteiger partial charge is 0.230 e. The molecule has 9 heteroatoms. The average molecular weight is 479 g/mol. The Morgan fingerprint density at radius 3 is 2.65 bits per heavy atom. The van der Waals surface area contributed by atoms with Crippen LogP contribution in [0.25, 0.3) is 0 Å². The highest BCUT2D eigenvalue weighted by Crippen LogP contribution is 2.30. The second-order valence-electron chi connectivity index (χ2n) is 6.97. The van der Waals surface area contributed by atoms with Gasteiger partial charge in [0.2, 0.25) is 5.91 Å². The van der Waals surface area contributed by atoms with E-state index in [2.05, 4.69) is 15.5 Å². The lowest BCUT2D eigenvalue weighted by atomic mass is 10.2. The predicted octanol–water partition coefficient (Wildman–Crippen LogP) is 5.46. The number of aryl methyl sites for hydroxylation is 1. The largest absolute Gasteiger partial charge is 0.481 e. The summed E-state index contributed by atoms with van der Waals surface area (Å²) in [6.45, 7) is 7.00. The molecule has 1 atom stereocenters. The highest BCUT2D eigenvalue weighted by atomic mass is 35.5. The Labute approximate surface area is 196 Å². The lowest BCUT2D eigenvalue weighted by Crippen LogP contribution is -2.24. The van der Waals surface area contributed by atoms with Crippen LogP contribution in [0, 0.1) is 6.92 Å². The van der Waals surface area contributed by atoms with Gasteiger partial charge in [0.15, 0.2) is 17.1 Å². The molecule has 0 spiro atoms. The second kappa shape index (κ2) is 10.9. The third kappa shape index (κ3) is 6.38. The predicted molar refractivity (Wildman–Crippen MR) is 125 cm³/mol. The lowest BCUT2D eigenvalue weighted by molar-refractivity contribution is -0.118. The van der Waals surface area contributed by atoms with Gasteiger partial charge < -0.3 is 14.6 Å². The molecule has 0 fully saturated rings. The van der Waals surface area contributed by atoms with Crippen LogP contribution in [0.3, 0.4) is 0 Å². The van der Waals surface area contributed by atoms with E-state index in [-0.39, 0.29) is 17.8 Å². The first-order chi connectivity index (χ1) is 14.9. The Morgan fingerprint density at radius 1 is 1.19 bits per heavy atom. The molecule has 1 N–H and O–H groups in total. The van der Waals surface area contributed by atoms with Gasteiger partial charge in [0.05, 0.1) is 10.8 Å². The summed E-state index contributed by atoms with van der Waals surface area (Å²) < 4.78 is 7.99. The van der Waals surface area contributed by atoms with Crippen LogP contribution in [0.4, 0.5) is 0 Å². The Balaban J connectivity index is 1.59. The van der Waals surface area contributed by atoms with Crippen LogP contribution >= 0.6 is 35.0 Å². The van der Waals surface area contributed by atoms with Crippen molar-refractivity contribution in [2.75, 3.05) is 5.75 Å². The third-order valence-corrected chi connectivity index (χ3v) is 6.08. The van der Waals surface area contributed by atoms with Crippen molar-refractivity contribution >= 4 is 40.9 Å². The van der Waals surface area contributed by atoms with Gasteiger partial charge in [-0.25, -0.2) is 0 Å². The number of carbonyl (C=O) groups is 1. The molecule has 0 aliphatic heterocycles. The molecule has 3 aromatic rings. The van der Waals surface area contributed by atoms with Gasteiger partial charge in [-0.05, 0) is 56.2 Å². The molecule has 0 aliphatic rings. The number of nitrogens with one attached hydrogen (secondary N) is 1. The number of ether oxygens (including phenoxy) is 1. The van der Waals surface area contributed by atoms with Crippen LogP contribution in [0.1, 0.15) is 36.9 Å². The molecule has 6 nitrogen and oxygen atoms in total. The number of hydrogen-bond donors (Lipinski definition) is 1. The van der Waals surface area contributed by atoms with Crippen molar-refractivity contribution < 1.29 is 9.53 Å². The molecule has 0 saturated heterocycles. The monoisotopic (exact) mass is 478 g/mol. The van der Waals surface area contributed by atoms with Crippen LogP contribution in [-0.4, -0.2) is 26.4 Å². The number of carbonyl (C=O) groups excluding carboxylic acids is 1. The fraction of sp³-hybridized carbons (Fsp3) is 0.318. The van der Waals surface area contributed by atoms with Gasteiger partial charge in [-0.2, -0.15) is 0 Å². The van der Waals surface area contributed by atoms with Crippen LogP contribution in [-0.2, 0) is 17.9 Å². The molecule has 0 aliphatic carbocycles. The molecular weight excluding hydrogens is 455 g/mol. The molecule has 2 aromatic carbocycles. The van der Waals surface area contributed by atoms with Gasteiger partial charge in [-0.3, -0.25) is 4.79 Å². The normalized spacial score (nSPS) is 11.9. The van der Waals surface area contributed by atoms with Gasteiger partial charge in [-0.1, -0.05) is 53.2 Å². The van der Waals surface area contributed by atoms with Gasteiger partial charge in [0.1, 0.15) is 5.75 Å². The van der Waals surface area contributed by atoms with Crippen molar-refractivity contribution in [2.24, 2.45) is 0 Å². The van der Waals surface area contributed by atoms with Gasteiger partial charge in [-0.15, -0.1) is 10.2 Å². The summed E-state index contributed by atoms with van der Waals surface area (Å²) in [5.74, 6) is 1.45. The molecule has 1 unspecified atom stereocenters. The SMILES string of the molecule is CCn1c(SCC(=O)NCc2ccc(Cl)cc2)nnc1C(C)Oc1cc(C)ccc1Cl. The number of benzene rings is 2. The van der Waals surface area contributed by atoms with Crippen molar-refractivity contribution in [2.45, 2.75) is 45.1 Å². The van der Waals surface area contributed by atoms with E-state index in [0.29, 0.717) is 39.9 Å². The van der Waals surface area contributed by atoms with E-state index < -0.39 is 0 Å². The number of hydrogen-bond acceptors (Lipinski definition) is 5. The number of halogens is 2. The molecule has 164 valence electrons. The standard InChI is InChI=1S/C22H24Cl2N4O2S/c1-4-28-21(15(3)30-19-11-14(2)5-10-18(19)24)26-27-22(28)31-13-20(29)25-12-16-6-8-17(23)9-7-16/h5-11,15H,4,12-13H2,1-3H3,(H,25,29). The maximum atomic E-state index is 12.3. The highest BCUT2D eigenvalue weighted by Gasteiger charge is 2.20. The fourth-order valence-corrected chi connectivity index (χ4v) is 4.06. The summed E-state index contributed by atoms with van der Waals surface area (Å²) in [6.07, 6.45) is -0.347. The molecule has 0 saturated carbocycles. The molecule has 1 heterocycles. The number of amides is 1. The number of thioether (sulfide) groups is 1. The average Bonchev–Trinajstić information content (AvgIpc) is 3.17. The van der Waals surface area contributed by atoms with E-state index in [1.807, 2.05) is 55.7 Å². The molecule has 1 aromatic heterocycles. The van der Waals surface area contributed by atoms with Crippen molar-refractivity contribution in [3.05, 3.63) is 69.5 Å². The van der Waals surface area contributed by atoms with Gasteiger partial charge in [0, 0.05) is 18.1 Å². The summed E-state index contributed by atoms with van der Waals surface area (Å²) >= 11 is 13.5. The topological polar surface area (TPSA) is 69.0 Å². The molecule has 0 radical (unpaired) electrons. The van der Waals surface area contributed by atoms with Crippen molar-refractivity contribution in [1.82, 2.24) is 20.1 Å². The summed E-state index contributed by atoms with van der Waals surface area (Å²) in [7, 11) is 0. The van der Waals surface area contributed by atoms with E-state index in [0.717, 1.165) is 11.1 Å². The van der Waals surface area contributed by atoms with Crippen molar-refractivity contribution in [1.29, 1.82) is 0 Å². The maximum Gasteiger partial charge on any atom is 0.230 e. The molecule has 1 amide bonds. The Bertz CT molecular complexity index is 1040. The molecular formula is C22H24Cl2N4O2S. The quantitative estimate of drug-likeness (QED) is 0.413. The fourth-order valence-electron chi connectivity index (χ4n) is 2.93. The summed E-state index contributed by atoms with van der Waals surface area (Å²) in [4.78, 5) is 12.3. The first kappa shape index (κ1) is 23.4. The summed E-state index contributed by atoms with van der Waals surface area (Å²) in [5, 5.41) is 13.3. The molecule has 0 bridgehead atoms. The van der Waals surface area contributed by atoms with Gasteiger partial charge in [0.25, 0.3) is 0 Å². The minimum Gasteiger partial charge on any atom is -0.481 e. The zero-order valence-electron chi connectivity index (χ0n) is 17.6. The number of nitrogens with zero attached hydrogens (tertiary/aromatic N) is 3. The minimum absolute atomic E-state index is 0.0806. The van der Waals surface area contributed by atoms with Crippen LogP contribution in [0.15, 0.2) is 47.6 Å². The Kier molecular flexibility index (Phi) is 8.23. The van der Waals surface area contributed by atoms with Crippen molar-refractivity contribution in [3.63, 3.8) is 0 Å². The first-order valence-electron chi connectivity index (χ1n) is 9.87. The Hall–Kier alpha value is -2.22. The summed E-state index contributed by atoms with van der Waals surface area (Å²) in [5.41, 5.74) is 2.05.